The average Bonchev–Trinajstić information content (AvgIpc) is 2.31. The Morgan fingerprint density at radius 2 is 1.95 bits per heavy atom. The van der Waals surface area contributed by atoms with Gasteiger partial charge in [-0.25, -0.2) is 4.79 Å². The van der Waals surface area contributed by atoms with Gasteiger partial charge in [0.15, 0.2) is 0 Å². The standard InChI is InChI=1S/C11H17N5O3.ClH/c1-6-7(13-14-11(12)19)5-16(4)10(18)8(6)9(17)15(2)3;/h5H2,1-4H3,(H3,12,14,19);1H. The molecule has 1 heterocycles. The van der Waals surface area contributed by atoms with Gasteiger partial charge < -0.3 is 27.9 Å². The van der Waals surface area contributed by atoms with Crippen LogP contribution in [0.25, 0.3) is 0 Å². The van der Waals surface area contributed by atoms with E-state index in [1.54, 1.807) is 28.1 Å². The van der Waals surface area contributed by atoms with E-state index in [1.165, 1.54) is 9.80 Å². The second-order valence-electron chi connectivity index (χ2n) is 4.45. The number of hydrazine groups is 1. The van der Waals surface area contributed by atoms with E-state index in [1.807, 2.05) is 0 Å². The first-order valence-electron chi connectivity index (χ1n) is 5.61. The van der Waals surface area contributed by atoms with Gasteiger partial charge >= 0.3 is 6.03 Å². The monoisotopic (exact) mass is 303 g/mol. The smallest absolute Gasteiger partial charge is 0.365 e. The lowest BCUT2D eigenvalue weighted by atomic mass is 9.98. The Labute approximate surface area is 123 Å². The van der Waals surface area contributed by atoms with Gasteiger partial charge in [-0.3, -0.25) is 9.59 Å². The van der Waals surface area contributed by atoms with Crippen molar-refractivity contribution in [3.05, 3.63) is 11.1 Å². The van der Waals surface area contributed by atoms with Crippen molar-refractivity contribution in [2.24, 2.45) is 5.73 Å². The molecule has 1 aliphatic heterocycles. The molecular weight excluding hydrogens is 286 g/mol. The molecule has 0 radical (unpaired) electrons. The first-order valence-corrected chi connectivity index (χ1v) is 5.61. The molecule has 1 aliphatic rings. The number of nitrogens with one attached hydrogen (secondary N) is 2. The molecule has 0 aliphatic carbocycles. The number of halogens is 1. The van der Waals surface area contributed by atoms with Crippen LogP contribution in [0.15, 0.2) is 11.1 Å². The molecule has 0 bridgehead atoms. The summed E-state index contributed by atoms with van der Waals surface area (Å²) in [6, 6.07) is -0.750. The first-order chi connectivity index (χ1) is 8.75. The molecule has 0 aromatic carbocycles. The van der Waals surface area contributed by atoms with E-state index in [2.05, 4.69) is 10.5 Å². The van der Waals surface area contributed by atoms with Gasteiger partial charge in [-0.1, -0.05) is 0 Å². The van der Waals surface area contributed by atoms with Gasteiger partial charge in [0.1, 0.15) is 12.1 Å². The zero-order chi connectivity index (χ0) is 14.7. The zero-order valence-corrected chi connectivity index (χ0v) is 12.5. The number of hydrazone groups is 1. The zero-order valence-electron chi connectivity index (χ0n) is 11.8. The molecule has 8 nitrogen and oxygen atoms in total. The highest BCUT2D eigenvalue weighted by Gasteiger charge is 2.35. The number of hydrogen-bond acceptors (Lipinski definition) is 3. The molecule has 9 heteroatoms. The van der Waals surface area contributed by atoms with Crippen molar-refractivity contribution >= 4 is 23.6 Å². The van der Waals surface area contributed by atoms with Crippen molar-refractivity contribution in [3.63, 3.8) is 0 Å². The predicted molar refractivity (Wildman–Crippen MR) is 67.7 cm³/mol. The van der Waals surface area contributed by atoms with E-state index in [9.17, 15) is 14.4 Å². The molecule has 0 unspecified atom stereocenters. The molecule has 0 atom stereocenters. The van der Waals surface area contributed by atoms with E-state index in [-0.39, 0.29) is 36.3 Å². The lowest BCUT2D eigenvalue weighted by Crippen LogP contribution is -3.00. The Bertz CT molecular complexity index is 498. The minimum atomic E-state index is -0.750. The minimum Gasteiger partial charge on any atom is -1.00 e. The van der Waals surface area contributed by atoms with Crippen molar-refractivity contribution in [1.82, 2.24) is 15.2 Å². The number of nitrogens with two attached hydrogens (primary N) is 1. The lowest BCUT2D eigenvalue weighted by molar-refractivity contribution is -0.508. The van der Waals surface area contributed by atoms with Gasteiger partial charge in [0.2, 0.25) is 5.71 Å². The van der Waals surface area contributed by atoms with Gasteiger partial charge in [0.05, 0.1) is 0 Å². The molecule has 0 saturated carbocycles. The van der Waals surface area contributed by atoms with Gasteiger partial charge in [-0.2, -0.15) is 0 Å². The van der Waals surface area contributed by atoms with Crippen LogP contribution in [-0.4, -0.2) is 61.0 Å². The Morgan fingerprint density at radius 1 is 1.40 bits per heavy atom. The number of likely N-dealkylation sites (N-methyl/N-ethyl adjacent to an activating group) is 2. The van der Waals surface area contributed by atoms with Crippen LogP contribution in [0, 0.1) is 0 Å². The van der Waals surface area contributed by atoms with E-state index >= 15 is 0 Å². The molecule has 20 heavy (non-hydrogen) atoms. The van der Waals surface area contributed by atoms with Crippen LogP contribution in [0.2, 0.25) is 0 Å². The maximum atomic E-state index is 12.0. The van der Waals surface area contributed by atoms with Crippen LogP contribution in [0.1, 0.15) is 6.92 Å². The highest BCUT2D eigenvalue weighted by atomic mass is 35.5. The van der Waals surface area contributed by atoms with Crippen molar-refractivity contribution in [2.45, 2.75) is 6.92 Å². The maximum absolute atomic E-state index is 12.0. The van der Waals surface area contributed by atoms with Gasteiger partial charge in [0, 0.05) is 26.7 Å². The lowest BCUT2D eigenvalue weighted by Gasteiger charge is -2.25. The molecule has 0 spiro atoms. The fourth-order valence-electron chi connectivity index (χ4n) is 1.68. The average molecular weight is 304 g/mol. The van der Waals surface area contributed by atoms with E-state index < -0.39 is 6.03 Å². The van der Waals surface area contributed by atoms with Gasteiger partial charge in [0.25, 0.3) is 11.8 Å². The molecule has 0 fully saturated rings. The fourth-order valence-corrected chi connectivity index (χ4v) is 1.68. The molecule has 0 saturated heterocycles. The minimum absolute atomic E-state index is 0. The van der Waals surface area contributed by atoms with Crippen molar-refractivity contribution in [2.75, 3.05) is 27.7 Å². The SMILES string of the molecule is CC1=C(C(=O)N(C)C)C(=O)N(C)CC1=[NH+]NC(N)=O.[Cl-]. The molecule has 4 amide bonds. The summed E-state index contributed by atoms with van der Waals surface area (Å²) in [5, 5.41) is 2.62. The maximum Gasteiger partial charge on any atom is 0.365 e. The Balaban J connectivity index is 0.00000361. The number of urea groups is 1. The third-order valence-electron chi connectivity index (χ3n) is 2.74. The second kappa shape index (κ2) is 6.90. The highest BCUT2D eigenvalue weighted by Crippen LogP contribution is 2.15. The van der Waals surface area contributed by atoms with Crippen molar-refractivity contribution < 1.29 is 31.9 Å². The number of amides is 4. The molecule has 0 aromatic rings. The number of rotatable bonds is 2. The molecule has 1 rings (SSSR count). The van der Waals surface area contributed by atoms with Crippen molar-refractivity contribution in [3.8, 4) is 0 Å². The topological polar surface area (TPSA) is 110 Å². The number of primary amides is 1. The van der Waals surface area contributed by atoms with Crippen LogP contribution in [-0.2, 0) is 9.59 Å². The van der Waals surface area contributed by atoms with Crippen LogP contribution in [0.4, 0.5) is 4.79 Å². The van der Waals surface area contributed by atoms with E-state index in [0.717, 1.165) is 0 Å². The van der Waals surface area contributed by atoms with Gasteiger partial charge in [-0.05, 0) is 6.92 Å². The largest absolute Gasteiger partial charge is 1.00 e. The highest BCUT2D eigenvalue weighted by molar-refractivity contribution is 6.25. The number of hydrogen-bond donors (Lipinski definition) is 3. The van der Waals surface area contributed by atoms with Crippen LogP contribution >= 0.6 is 0 Å². The third-order valence-corrected chi connectivity index (χ3v) is 2.74. The normalized spacial score (nSPS) is 16.9. The van der Waals surface area contributed by atoms with Crippen LogP contribution < -0.4 is 28.7 Å². The number of carbonyl (C=O) groups excluding carboxylic acids is 3. The number of carbonyl (C=O) groups is 3. The molecule has 4 N–H and O–H groups in total. The summed E-state index contributed by atoms with van der Waals surface area (Å²) in [5.74, 6) is -0.728. The Morgan fingerprint density at radius 3 is 2.40 bits per heavy atom. The van der Waals surface area contributed by atoms with Crippen molar-refractivity contribution in [1.29, 1.82) is 0 Å². The summed E-state index contributed by atoms with van der Waals surface area (Å²) in [6.07, 6.45) is 0. The predicted octanol–water partition coefficient (Wildman–Crippen LogP) is -6.03. The van der Waals surface area contributed by atoms with Crippen LogP contribution in [0.3, 0.4) is 0 Å². The summed E-state index contributed by atoms with van der Waals surface area (Å²) in [5.41, 5.74) is 8.31. The molecule has 0 aromatic heterocycles. The van der Waals surface area contributed by atoms with E-state index in [4.69, 9.17) is 5.73 Å². The summed E-state index contributed by atoms with van der Waals surface area (Å²) >= 11 is 0. The van der Waals surface area contributed by atoms with Crippen LogP contribution in [0.5, 0.6) is 0 Å². The molecule has 112 valence electrons. The summed E-state index contributed by atoms with van der Waals surface area (Å²) in [4.78, 5) is 37.4. The van der Waals surface area contributed by atoms with E-state index in [0.29, 0.717) is 11.3 Å². The van der Waals surface area contributed by atoms with Gasteiger partial charge in [-0.15, -0.1) is 10.5 Å². The fraction of sp³-hybridized carbons (Fsp3) is 0.455. The third kappa shape index (κ3) is 3.70. The first kappa shape index (κ1) is 17.9. The molecular formula is C11H18ClN5O3. The quantitative estimate of drug-likeness (QED) is 0.349. The number of nitrogens with zero attached hydrogens (tertiary/aromatic N) is 2. The second-order valence-corrected chi connectivity index (χ2v) is 4.45. The Hall–Kier alpha value is -2.09. The summed E-state index contributed by atoms with van der Waals surface area (Å²) < 4.78 is 0. The summed E-state index contributed by atoms with van der Waals surface area (Å²) in [7, 11) is 4.71. The Kier molecular flexibility index (Phi) is 6.18. The summed E-state index contributed by atoms with van der Waals surface area (Å²) in [6.45, 7) is 1.90.